The number of aromatic nitrogens is 2. The van der Waals surface area contributed by atoms with E-state index in [4.69, 9.17) is 0 Å². The molecule has 4 rings (SSSR count). The van der Waals surface area contributed by atoms with Gasteiger partial charge in [-0.1, -0.05) is 44.2 Å². The van der Waals surface area contributed by atoms with E-state index in [1.807, 2.05) is 24.3 Å². The number of fused-ring (bicyclic) bond motifs is 1. The van der Waals surface area contributed by atoms with Crippen molar-refractivity contribution >= 4 is 44.9 Å². The lowest BCUT2D eigenvalue weighted by Crippen LogP contribution is -2.16. The van der Waals surface area contributed by atoms with Gasteiger partial charge in [0.15, 0.2) is 0 Å². The molecule has 0 aliphatic carbocycles. The Kier molecular flexibility index (Phi) is 6.84. The number of rotatable bonds is 8. The van der Waals surface area contributed by atoms with Crippen molar-refractivity contribution in [2.45, 2.75) is 39.5 Å². The van der Waals surface area contributed by atoms with E-state index in [0.29, 0.717) is 11.4 Å². The van der Waals surface area contributed by atoms with Gasteiger partial charge in [-0.3, -0.25) is 14.7 Å². The summed E-state index contributed by atoms with van der Waals surface area (Å²) in [7, 11) is 0. The number of halogens is 1. The second-order valence-corrected chi connectivity index (χ2v) is 8.88. The Morgan fingerprint density at radius 2 is 1.64 bits per heavy atom. The van der Waals surface area contributed by atoms with Crippen LogP contribution in [0.5, 0.6) is 0 Å². The minimum Gasteiger partial charge on any atom is -0.325 e. The van der Waals surface area contributed by atoms with E-state index in [1.165, 1.54) is 23.5 Å². The Labute approximate surface area is 195 Å². The number of nitrogens with zero attached hydrogens (tertiary/aromatic N) is 1. The standard InChI is InChI=1S/C25H25FN4O2S/c1-3-16-6-5-7-17(4-2)23(16)27-22(32)14-19-13-20-24(29-30-25(20)33-19)28-21(31)12-15-8-10-18(26)11-9-15/h5-11,13H,3-4,12,14H2,1-2H3,(H,27,32)(H2,28,29,30,31). The predicted octanol–water partition coefficient (Wildman–Crippen LogP) is 5.25. The second-order valence-electron chi connectivity index (χ2n) is 7.76. The highest BCUT2D eigenvalue weighted by Crippen LogP contribution is 2.30. The van der Waals surface area contributed by atoms with Crippen molar-refractivity contribution in [2.75, 3.05) is 10.6 Å². The van der Waals surface area contributed by atoms with E-state index in [0.717, 1.165) is 44.7 Å². The summed E-state index contributed by atoms with van der Waals surface area (Å²) < 4.78 is 13.1. The van der Waals surface area contributed by atoms with Gasteiger partial charge in [-0.2, -0.15) is 5.10 Å². The van der Waals surface area contributed by atoms with Gasteiger partial charge in [-0.05, 0) is 47.7 Å². The minimum atomic E-state index is -0.339. The van der Waals surface area contributed by atoms with Crippen LogP contribution in [-0.4, -0.2) is 22.0 Å². The molecule has 2 aromatic heterocycles. The molecule has 0 fully saturated rings. The van der Waals surface area contributed by atoms with Crippen molar-refractivity contribution in [3.05, 3.63) is 75.9 Å². The number of aromatic amines is 1. The molecular formula is C25H25FN4O2S. The molecule has 8 heteroatoms. The molecule has 3 N–H and O–H groups in total. The highest BCUT2D eigenvalue weighted by atomic mass is 32.1. The number of carbonyl (C=O) groups is 2. The van der Waals surface area contributed by atoms with Gasteiger partial charge in [0.25, 0.3) is 0 Å². The maximum absolute atomic E-state index is 13.1. The van der Waals surface area contributed by atoms with Crippen LogP contribution in [0.1, 0.15) is 35.4 Å². The molecule has 0 bridgehead atoms. The second kappa shape index (κ2) is 9.95. The van der Waals surface area contributed by atoms with Crippen molar-refractivity contribution in [1.29, 1.82) is 0 Å². The van der Waals surface area contributed by atoms with Crippen molar-refractivity contribution in [1.82, 2.24) is 10.2 Å². The fourth-order valence-electron chi connectivity index (χ4n) is 3.76. The summed E-state index contributed by atoms with van der Waals surface area (Å²) in [5, 5.41) is 13.8. The average molecular weight is 465 g/mol. The van der Waals surface area contributed by atoms with Crippen LogP contribution in [0.15, 0.2) is 48.5 Å². The Balaban J connectivity index is 1.44. The van der Waals surface area contributed by atoms with Gasteiger partial charge in [0.1, 0.15) is 16.5 Å². The van der Waals surface area contributed by atoms with Gasteiger partial charge in [0, 0.05) is 10.6 Å². The van der Waals surface area contributed by atoms with Crippen LogP contribution in [0.3, 0.4) is 0 Å². The van der Waals surface area contributed by atoms with Crippen molar-refractivity contribution < 1.29 is 14.0 Å². The molecule has 4 aromatic rings. The molecule has 0 radical (unpaired) electrons. The number of benzene rings is 2. The van der Waals surface area contributed by atoms with Crippen LogP contribution >= 0.6 is 11.3 Å². The third kappa shape index (κ3) is 5.28. The molecule has 0 saturated carbocycles. The highest BCUT2D eigenvalue weighted by molar-refractivity contribution is 7.18. The van der Waals surface area contributed by atoms with Crippen LogP contribution in [0.25, 0.3) is 10.2 Å². The van der Waals surface area contributed by atoms with E-state index < -0.39 is 0 Å². The number of hydrogen-bond acceptors (Lipinski definition) is 4. The Bertz CT molecular complexity index is 1270. The smallest absolute Gasteiger partial charge is 0.229 e. The van der Waals surface area contributed by atoms with Crippen LogP contribution in [0.4, 0.5) is 15.9 Å². The number of amides is 2. The number of carbonyl (C=O) groups excluding carboxylic acids is 2. The Morgan fingerprint density at radius 3 is 2.30 bits per heavy atom. The van der Waals surface area contributed by atoms with Gasteiger partial charge >= 0.3 is 0 Å². The monoisotopic (exact) mass is 464 g/mol. The quantitative estimate of drug-likeness (QED) is 0.333. The van der Waals surface area contributed by atoms with Gasteiger partial charge in [-0.15, -0.1) is 11.3 Å². The molecule has 0 aliphatic rings. The van der Waals surface area contributed by atoms with Crippen LogP contribution in [0, 0.1) is 5.82 Å². The first-order valence-electron chi connectivity index (χ1n) is 10.9. The van der Waals surface area contributed by atoms with Gasteiger partial charge < -0.3 is 10.6 Å². The molecule has 2 amide bonds. The van der Waals surface area contributed by atoms with Crippen molar-refractivity contribution in [3.63, 3.8) is 0 Å². The number of aryl methyl sites for hydroxylation is 2. The number of anilines is 2. The summed E-state index contributed by atoms with van der Waals surface area (Å²) in [5.74, 6) is -0.167. The summed E-state index contributed by atoms with van der Waals surface area (Å²) in [5.41, 5.74) is 3.86. The molecule has 0 unspecified atom stereocenters. The third-order valence-electron chi connectivity index (χ3n) is 5.44. The third-order valence-corrected chi connectivity index (χ3v) is 6.47. The van der Waals surface area contributed by atoms with E-state index >= 15 is 0 Å². The van der Waals surface area contributed by atoms with Crippen molar-refractivity contribution in [2.24, 2.45) is 0 Å². The number of hydrogen-bond donors (Lipinski definition) is 3. The fraction of sp³-hybridized carbons (Fsp3) is 0.240. The first kappa shape index (κ1) is 22.7. The van der Waals surface area contributed by atoms with Gasteiger partial charge in [0.2, 0.25) is 11.8 Å². The van der Waals surface area contributed by atoms with Crippen LogP contribution < -0.4 is 10.6 Å². The lowest BCUT2D eigenvalue weighted by molar-refractivity contribution is -0.116. The predicted molar refractivity (Wildman–Crippen MR) is 130 cm³/mol. The molecule has 0 saturated heterocycles. The summed E-state index contributed by atoms with van der Waals surface area (Å²) in [6.07, 6.45) is 2.04. The first-order chi connectivity index (χ1) is 16.0. The van der Waals surface area contributed by atoms with Gasteiger partial charge in [0.05, 0.1) is 18.2 Å². The SMILES string of the molecule is CCc1cccc(CC)c1NC(=O)Cc1cc2c(NC(=O)Cc3ccc(F)cc3)[nH]nc2s1. The number of para-hydroxylation sites is 1. The maximum atomic E-state index is 13.1. The average Bonchev–Trinajstić information content (AvgIpc) is 3.36. The maximum Gasteiger partial charge on any atom is 0.229 e. The fourth-order valence-corrected chi connectivity index (χ4v) is 4.75. The van der Waals surface area contributed by atoms with E-state index in [1.54, 1.807) is 12.1 Å². The largest absolute Gasteiger partial charge is 0.325 e. The topological polar surface area (TPSA) is 86.9 Å². The van der Waals surface area contributed by atoms with Crippen LogP contribution in [-0.2, 0) is 35.3 Å². The molecule has 6 nitrogen and oxygen atoms in total. The number of thiophene rings is 1. The van der Waals surface area contributed by atoms with Gasteiger partial charge in [-0.25, -0.2) is 4.39 Å². The molecular weight excluding hydrogens is 439 g/mol. The summed E-state index contributed by atoms with van der Waals surface area (Å²) >= 11 is 1.41. The lowest BCUT2D eigenvalue weighted by atomic mass is 10.0. The Hall–Kier alpha value is -3.52. The van der Waals surface area contributed by atoms with E-state index in [9.17, 15) is 14.0 Å². The van der Waals surface area contributed by atoms with Crippen molar-refractivity contribution in [3.8, 4) is 0 Å². The van der Waals surface area contributed by atoms with E-state index in [2.05, 4.69) is 34.7 Å². The molecule has 0 atom stereocenters. The molecule has 170 valence electrons. The number of H-pyrrole nitrogens is 1. The number of nitrogens with one attached hydrogen (secondary N) is 3. The molecule has 33 heavy (non-hydrogen) atoms. The zero-order valence-electron chi connectivity index (χ0n) is 18.5. The zero-order chi connectivity index (χ0) is 23.4. The molecule has 0 aliphatic heterocycles. The molecule has 2 aromatic carbocycles. The first-order valence-corrected chi connectivity index (χ1v) is 11.7. The highest BCUT2D eigenvalue weighted by Gasteiger charge is 2.16. The summed E-state index contributed by atoms with van der Waals surface area (Å²) in [4.78, 5) is 26.8. The van der Waals surface area contributed by atoms with Crippen LogP contribution in [0.2, 0.25) is 0 Å². The molecule has 2 heterocycles. The summed E-state index contributed by atoms with van der Waals surface area (Å²) in [6.45, 7) is 4.15. The lowest BCUT2D eigenvalue weighted by Gasteiger charge is -2.14. The van der Waals surface area contributed by atoms with E-state index in [-0.39, 0.29) is 30.5 Å². The zero-order valence-corrected chi connectivity index (χ0v) is 19.3. The molecule has 0 spiro atoms. The minimum absolute atomic E-state index is 0.0830. The summed E-state index contributed by atoms with van der Waals surface area (Å²) in [6, 6.07) is 13.8. The Morgan fingerprint density at radius 1 is 0.970 bits per heavy atom. The normalized spacial score (nSPS) is 11.0.